The second kappa shape index (κ2) is 24.5. The van der Waals surface area contributed by atoms with E-state index in [-0.39, 0.29) is 29.1 Å². The molecule has 0 aliphatic carbocycles. The molecule has 0 aromatic heterocycles. The molecule has 0 atom stereocenters. The van der Waals surface area contributed by atoms with Crippen LogP contribution in [0.15, 0.2) is 84.9 Å². The minimum absolute atomic E-state index is 0.144. The Kier molecular flexibility index (Phi) is 19.5. The van der Waals surface area contributed by atoms with Gasteiger partial charge in [0, 0.05) is 27.8 Å². The van der Waals surface area contributed by atoms with Gasteiger partial charge in [0.25, 0.3) is 0 Å². The van der Waals surface area contributed by atoms with Gasteiger partial charge in [0.2, 0.25) is 0 Å². The monoisotopic (exact) mass is 1110 g/mol. The third kappa shape index (κ3) is 13.9. The van der Waals surface area contributed by atoms with Crippen molar-refractivity contribution in [2.45, 2.75) is 202 Å². The lowest BCUT2D eigenvalue weighted by Crippen LogP contribution is -2.35. The third-order valence-electron chi connectivity index (χ3n) is 17.9. The van der Waals surface area contributed by atoms with E-state index in [4.69, 9.17) is 31.9 Å². The van der Waals surface area contributed by atoms with Crippen LogP contribution in [-0.2, 0) is 16.2 Å². The molecule has 0 spiro atoms. The van der Waals surface area contributed by atoms with E-state index in [9.17, 15) is 0 Å². The smallest absolute Gasteiger partial charge is 0.487 e. The van der Waals surface area contributed by atoms with Gasteiger partial charge in [0.1, 0.15) is 45.8 Å². The zero-order valence-corrected chi connectivity index (χ0v) is 54.9. The fourth-order valence-electron chi connectivity index (χ4n) is 9.15. The highest BCUT2D eigenvalue weighted by Gasteiger charge is 2.42. The third-order valence-corrected chi connectivity index (χ3v) is 19.9. The van der Waals surface area contributed by atoms with Gasteiger partial charge in [-0.25, -0.2) is 0 Å². The van der Waals surface area contributed by atoms with Crippen LogP contribution in [0.25, 0.3) is 11.1 Å². The van der Waals surface area contributed by atoms with E-state index >= 15 is 0 Å². The molecule has 0 fully saturated rings. The summed E-state index contributed by atoms with van der Waals surface area (Å²) in [6, 6.07) is 29.7. The van der Waals surface area contributed by atoms with Gasteiger partial charge in [-0.15, -0.1) is 0 Å². The predicted octanol–water partition coefficient (Wildman–Crippen LogP) is 21.6. The maximum absolute atomic E-state index is 7.86. The quantitative estimate of drug-likeness (QED) is 0.0628. The molecule has 6 aromatic carbocycles. The van der Waals surface area contributed by atoms with Gasteiger partial charge >= 0.3 is 17.2 Å². The van der Waals surface area contributed by atoms with E-state index in [0.29, 0.717) is 34.5 Å². The zero-order valence-electron chi connectivity index (χ0n) is 53.1. The van der Waals surface area contributed by atoms with Gasteiger partial charge in [-0.05, 0) is 209 Å². The molecular formula is C70H96O7P2. The summed E-state index contributed by atoms with van der Waals surface area (Å²) in [7, 11) is -4.43. The Hall–Kier alpha value is -5.22. The van der Waals surface area contributed by atoms with Gasteiger partial charge in [-0.3, -0.25) is 0 Å². The minimum Gasteiger partial charge on any atom is -0.487 e. The van der Waals surface area contributed by atoms with Crippen LogP contribution < -0.4 is 31.9 Å². The van der Waals surface area contributed by atoms with Gasteiger partial charge in [-0.1, -0.05) is 152 Å². The molecule has 0 bridgehead atoms. The van der Waals surface area contributed by atoms with Crippen molar-refractivity contribution in [2.24, 2.45) is 23.7 Å². The van der Waals surface area contributed by atoms with Crippen LogP contribution in [0, 0.1) is 92.9 Å². The van der Waals surface area contributed by atoms with E-state index in [0.717, 1.165) is 83.6 Å². The number of hydrogen-bond donors (Lipinski definition) is 0. The van der Waals surface area contributed by atoms with Crippen molar-refractivity contribution in [3.8, 4) is 51.4 Å². The first-order valence-electron chi connectivity index (χ1n) is 28.6. The summed E-state index contributed by atoms with van der Waals surface area (Å²) in [4.78, 5) is 0. The Morgan fingerprint density at radius 3 is 0.911 bits per heavy atom. The van der Waals surface area contributed by atoms with Gasteiger partial charge in [0.05, 0.1) is 0 Å². The van der Waals surface area contributed by atoms with Crippen molar-refractivity contribution in [3.05, 3.63) is 157 Å². The molecule has 7 nitrogen and oxygen atoms in total. The largest absolute Gasteiger partial charge is 0.530 e. The Bertz CT molecular complexity index is 3030. The highest BCUT2D eigenvalue weighted by Crippen LogP contribution is 2.60. The molecule has 0 heterocycles. The molecule has 79 heavy (non-hydrogen) atoms. The van der Waals surface area contributed by atoms with Gasteiger partial charge in [-0.2, -0.15) is 0 Å². The predicted molar refractivity (Wildman–Crippen MR) is 336 cm³/mol. The fourth-order valence-corrected chi connectivity index (χ4v) is 11.5. The van der Waals surface area contributed by atoms with Gasteiger partial charge < -0.3 is 31.9 Å². The number of hydrogen-bond acceptors (Lipinski definition) is 7. The standard InChI is InChI=1S/C70H96O7P2/c1-41(2)67(19,20)55-39-56(68(21,22)42(3)4)65(76-78(72-58-35-45(9)27-31-49(58)13)73-59-36-46(10)28-32-50(59)14)63(53(55)17)64-54(18)62(71-70(25,26)44(7)8)40-57(69(23,24)43(5)6)66(64)77-79(74-60-37-47(11)29-33-51(60)15)75-61-38-48(12)30-34-52(61)16/h27-44H,1-26H3. The second-order valence-corrected chi connectivity index (χ2v) is 28.1. The summed E-state index contributed by atoms with van der Waals surface area (Å²) in [6.45, 7) is 57.7. The highest BCUT2D eigenvalue weighted by atomic mass is 31.2. The Morgan fingerprint density at radius 1 is 0.316 bits per heavy atom. The number of ether oxygens (including phenoxy) is 1. The van der Waals surface area contributed by atoms with E-state index < -0.39 is 33.6 Å². The van der Waals surface area contributed by atoms with Crippen LogP contribution in [0.3, 0.4) is 0 Å². The molecule has 0 amide bonds. The summed E-state index contributed by atoms with van der Waals surface area (Å²) >= 11 is 0. The molecule has 0 unspecified atom stereocenters. The average molecular weight is 1110 g/mol. The van der Waals surface area contributed by atoms with Crippen LogP contribution in [0.2, 0.25) is 0 Å². The van der Waals surface area contributed by atoms with Crippen LogP contribution in [0.5, 0.6) is 40.2 Å². The molecule has 6 rings (SSSR count). The van der Waals surface area contributed by atoms with E-state index in [1.54, 1.807) is 0 Å². The first-order chi connectivity index (χ1) is 36.6. The van der Waals surface area contributed by atoms with E-state index in [1.165, 1.54) is 5.56 Å². The summed E-state index contributed by atoms with van der Waals surface area (Å²) in [5.74, 6) is 5.61. The van der Waals surface area contributed by atoms with Crippen molar-refractivity contribution < 1.29 is 31.9 Å². The number of rotatable bonds is 22. The molecule has 0 N–H and O–H groups in total. The van der Waals surface area contributed by atoms with Crippen molar-refractivity contribution in [3.63, 3.8) is 0 Å². The fraction of sp³-hybridized carbons (Fsp3) is 0.486. The maximum Gasteiger partial charge on any atom is 0.530 e. The van der Waals surface area contributed by atoms with Crippen molar-refractivity contribution in [2.75, 3.05) is 0 Å². The Labute approximate surface area is 480 Å². The lowest BCUT2D eigenvalue weighted by Gasteiger charge is -2.40. The molecule has 0 aliphatic rings. The molecule has 428 valence electrons. The molecule has 9 heteroatoms. The zero-order chi connectivity index (χ0) is 59.0. The minimum atomic E-state index is -2.22. The molecule has 6 aromatic rings. The summed E-state index contributed by atoms with van der Waals surface area (Å²) in [5, 5.41) is 0. The topological polar surface area (TPSA) is 64.6 Å². The second-order valence-electron chi connectivity index (χ2n) is 26.1. The van der Waals surface area contributed by atoms with Crippen LogP contribution in [0.1, 0.15) is 183 Å². The highest BCUT2D eigenvalue weighted by molar-refractivity contribution is 7.43. The SMILES string of the molecule is Cc1ccc(C)c(OP(Oc2cc(C)ccc2C)Oc2c(C(C)(C)C(C)C)cc(OC(C)(C)C(C)C)c(C)c2-c2c(C)c(C(C)(C)C(C)C)cc(C(C)(C)C(C)C)c2OP(Oc2cc(C)ccc2C)Oc2cc(C)ccc2C)c1. The van der Waals surface area contributed by atoms with E-state index in [1.807, 2.05) is 0 Å². The summed E-state index contributed by atoms with van der Waals surface area (Å²) < 4.78 is 51.8. The first kappa shape index (κ1) is 63.0. The van der Waals surface area contributed by atoms with Crippen molar-refractivity contribution >= 4 is 17.2 Å². The van der Waals surface area contributed by atoms with Gasteiger partial charge in [0.15, 0.2) is 0 Å². The summed E-state index contributed by atoms with van der Waals surface area (Å²) in [5.41, 5.74) is 13.3. The molecule has 0 saturated heterocycles. The molecule has 0 aliphatic heterocycles. The van der Waals surface area contributed by atoms with Crippen molar-refractivity contribution in [1.82, 2.24) is 0 Å². The normalized spacial score (nSPS) is 12.6. The lowest BCUT2D eigenvalue weighted by atomic mass is 9.67. The van der Waals surface area contributed by atoms with E-state index in [2.05, 4.69) is 265 Å². The summed E-state index contributed by atoms with van der Waals surface area (Å²) in [6.07, 6.45) is 0. The number of aryl methyl sites for hydroxylation is 8. The van der Waals surface area contributed by atoms with Crippen LogP contribution >= 0.6 is 17.2 Å². The molecule has 0 saturated carbocycles. The first-order valence-corrected chi connectivity index (χ1v) is 30.8. The molecule has 0 radical (unpaired) electrons. The maximum atomic E-state index is 7.86. The molecular weight excluding hydrogens is 1010 g/mol. The Balaban J connectivity index is 1.89. The van der Waals surface area contributed by atoms with Crippen LogP contribution in [-0.4, -0.2) is 5.60 Å². The van der Waals surface area contributed by atoms with Crippen LogP contribution in [0.4, 0.5) is 0 Å². The average Bonchev–Trinajstić information content (AvgIpc) is 3.56. The number of benzene rings is 6. The Morgan fingerprint density at radius 2 is 0.608 bits per heavy atom. The lowest BCUT2D eigenvalue weighted by molar-refractivity contribution is 0.0590. The van der Waals surface area contributed by atoms with Crippen molar-refractivity contribution in [1.29, 1.82) is 0 Å².